The first-order valence-corrected chi connectivity index (χ1v) is 12.6. The summed E-state index contributed by atoms with van der Waals surface area (Å²) in [5, 5.41) is 3.07. The topological polar surface area (TPSA) is 95.6 Å². The van der Waals surface area contributed by atoms with E-state index < -0.39 is 10.0 Å². The number of carbonyl (C=O) groups is 2. The Kier molecular flexibility index (Phi) is 5.46. The number of rotatable bonds is 6. The monoisotopic (exact) mass is 411 g/mol. The van der Waals surface area contributed by atoms with E-state index in [1.54, 1.807) is 4.90 Å². The lowest BCUT2D eigenvalue weighted by atomic mass is 9.49. The van der Waals surface area contributed by atoms with Crippen LogP contribution in [0.2, 0.25) is 0 Å². The number of hydrogen-bond donors (Lipinski definition) is 2. The van der Waals surface area contributed by atoms with Gasteiger partial charge < -0.3 is 10.2 Å². The number of sulfonamides is 1. The zero-order chi connectivity index (χ0) is 19.9. The van der Waals surface area contributed by atoms with Gasteiger partial charge in [-0.15, -0.1) is 0 Å². The van der Waals surface area contributed by atoms with Gasteiger partial charge in [-0.25, -0.2) is 13.1 Å². The van der Waals surface area contributed by atoms with Crippen LogP contribution in [0.5, 0.6) is 0 Å². The second-order valence-corrected chi connectivity index (χ2v) is 11.5. The van der Waals surface area contributed by atoms with E-state index in [2.05, 4.69) is 10.0 Å². The van der Waals surface area contributed by atoms with Gasteiger partial charge in [0, 0.05) is 37.5 Å². The van der Waals surface area contributed by atoms with Crippen molar-refractivity contribution in [2.75, 3.05) is 25.9 Å². The predicted octanol–water partition coefficient (Wildman–Crippen LogP) is 1.25. The first-order valence-electron chi connectivity index (χ1n) is 10.8. The molecule has 1 saturated heterocycles. The van der Waals surface area contributed by atoms with Crippen molar-refractivity contribution >= 4 is 21.8 Å². The maximum Gasteiger partial charge on any atom is 0.226 e. The molecule has 0 aromatic rings. The summed E-state index contributed by atoms with van der Waals surface area (Å²) in [6, 6.07) is -0.0881. The molecule has 0 atom stereocenters. The van der Waals surface area contributed by atoms with Crippen LogP contribution in [-0.2, 0) is 19.6 Å². The van der Waals surface area contributed by atoms with E-state index in [0.29, 0.717) is 38.9 Å². The quantitative estimate of drug-likeness (QED) is 0.688. The van der Waals surface area contributed by atoms with Gasteiger partial charge in [0.25, 0.3) is 0 Å². The smallest absolute Gasteiger partial charge is 0.226 e. The summed E-state index contributed by atoms with van der Waals surface area (Å²) in [6.07, 6.45) is 9.83. The Morgan fingerprint density at radius 2 is 1.54 bits per heavy atom. The molecule has 158 valence electrons. The van der Waals surface area contributed by atoms with Crippen LogP contribution in [0.3, 0.4) is 0 Å². The predicted molar refractivity (Wildman–Crippen MR) is 106 cm³/mol. The van der Waals surface area contributed by atoms with Crippen molar-refractivity contribution in [2.45, 2.75) is 63.8 Å². The highest BCUT2D eigenvalue weighted by molar-refractivity contribution is 7.88. The fraction of sp³-hybridized carbons (Fsp3) is 0.900. The van der Waals surface area contributed by atoms with Crippen LogP contribution in [0.4, 0.5) is 0 Å². The highest BCUT2D eigenvalue weighted by Gasteiger charge is 2.54. The van der Waals surface area contributed by atoms with Gasteiger partial charge in [0.2, 0.25) is 21.8 Å². The minimum absolute atomic E-state index is 0.0450. The van der Waals surface area contributed by atoms with Crippen LogP contribution in [-0.4, -0.2) is 57.1 Å². The van der Waals surface area contributed by atoms with Crippen molar-refractivity contribution in [3.05, 3.63) is 0 Å². The van der Waals surface area contributed by atoms with Crippen molar-refractivity contribution in [1.29, 1.82) is 0 Å². The summed E-state index contributed by atoms with van der Waals surface area (Å²) in [7, 11) is -3.21. The minimum Gasteiger partial charge on any atom is -0.355 e. The molecule has 0 unspecified atom stereocenters. The molecule has 2 N–H and O–H groups in total. The average molecular weight is 412 g/mol. The summed E-state index contributed by atoms with van der Waals surface area (Å²) >= 11 is 0. The van der Waals surface area contributed by atoms with E-state index in [4.69, 9.17) is 0 Å². The van der Waals surface area contributed by atoms with Crippen molar-refractivity contribution < 1.29 is 18.0 Å². The Morgan fingerprint density at radius 1 is 1.00 bits per heavy atom. The second kappa shape index (κ2) is 7.59. The zero-order valence-corrected chi connectivity index (χ0v) is 17.6. The molecule has 28 heavy (non-hydrogen) atoms. The summed E-state index contributed by atoms with van der Waals surface area (Å²) in [5.41, 5.74) is -0.159. The van der Waals surface area contributed by atoms with Crippen LogP contribution < -0.4 is 10.0 Å². The number of piperidine rings is 1. The Morgan fingerprint density at radius 3 is 2.04 bits per heavy atom. The second-order valence-electron chi connectivity index (χ2n) is 9.75. The highest BCUT2D eigenvalue weighted by atomic mass is 32.2. The lowest BCUT2D eigenvalue weighted by Gasteiger charge is -2.55. The fourth-order valence-corrected chi connectivity index (χ4v) is 7.41. The normalized spacial score (nSPS) is 35.2. The molecule has 4 aliphatic carbocycles. The summed E-state index contributed by atoms with van der Waals surface area (Å²) in [6.45, 7) is 1.53. The minimum atomic E-state index is -3.21. The van der Waals surface area contributed by atoms with E-state index >= 15 is 0 Å². The van der Waals surface area contributed by atoms with Crippen LogP contribution in [0.25, 0.3) is 0 Å². The number of nitrogens with one attached hydrogen (secondary N) is 2. The van der Waals surface area contributed by atoms with Crippen molar-refractivity contribution in [3.8, 4) is 0 Å². The molecule has 5 aliphatic rings. The van der Waals surface area contributed by atoms with E-state index in [9.17, 15) is 18.0 Å². The number of amides is 2. The lowest BCUT2D eigenvalue weighted by molar-refractivity contribution is -0.146. The summed E-state index contributed by atoms with van der Waals surface area (Å²) in [4.78, 5) is 27.2. The van der Waals surface area contributed by atoms with Crippen molar-refractivity contribution in [3.63, 3.8) is 0 Å². The third-order valence-corrected chi connectivity index (χ3v) is 8.13. The van der Waals surface area contributed by atoms with E-state index in [0.717, 1.165) is 43.3 Å². The molecule has 1 heterocycles. The molecule has 5 fully saturated rings. The maximum atomic E-state index is 12.9. The average Bonchev–Trinajstić information content (AvgIpc) is 2.59. The van der Waals surface area contributed by atoms with E-state index in [1.165, 1.54) is 19.3 Å². The molecule has 8 heteroatoms. The molecule has 4 saturated carbocycles. The van der Waals surface area contributed by atoms with Crippen LogP contribution in [0, 0.1) is 23.2 Å². The molecule has 0 radical (unpaired) electrons. The van der Waals surface area contributed by atoms with Gasteiger partial charge in [0.05, 0.1) is 6.26 Å². The zero-order valence-electron chi connectivity index (χ0n) is 16.8. The van der Waals surface area contributed by atoms with Crippen LogP contribution >= 0.6 is 0 Å². The summed E-state index contributed by atoms with van der Waals surface area (Å²) < 4.78 is 25.2. The Hall–Kier alpha value is -1.15. The van der Waals surface area contributed by atoms with Crippen molar-refractivity contribution in [1.82, 2.24) is 14.9 Å². The van der Waals surface area contributed by atoms with Gasteiger partial charge in [-0.3, -0.25) is 9.59 Å². The largest absolute Gasteiger partial charge is 0.355 e. The Balaban J connectivity index is 1.20. The standard InChI is InChI=1S/C20H33N3O4S/c1-28(26,27)22-17-3-6-23(7-4-17)18(24)2-5-21-19(25)20-11-14-8-15(12-20)10-16(9-14)13-20/h14-17,22H,2-13H2,1H3,(H,21,25). The van der Waals surface area contributed by atoms with Gasteiger partial charge in [0.15, 0.2) is 0 Å². The fourth-order valence-electron chi connectivity index (χ4n) is 6.57. The number of hydrogen-bond acceptors (Lipinski definition) is 4. The molecule has 0 aromatic heterocycles. The molecule has 0 spiro atoms. The SMILES string of the molecule is CS(=O)(=O)NC1CCN(C(=O)CCNC(=O)C23CC4CC(CC(C4)C2)C3)CC1. The Bertz CT molecular complexity index is 692. The lowest BCUT2D eigenvalue weighted by Crippen LogP contribution is -2.54. The van der Waals surface area contributed by atoms with Gasteiger partial charge in [-0.05, 0) is 69.1 Å². The molecular weight excluding hydrogens is 378 g/mol. The van der Waals surface area contributed by atoms with Gasteiger partial charge in [-0.1, -0.05) is 0 Å². The first-order chi connectivity index (χ1) is 13.2. The number of nitrogens with zero attached hydrogens (tertiary/aromatic N) is 1. The third kappa shape index (κ3) is 4.37. The molecule has 7 nitrogen and oxygen atoms in total. The molecule has 2 amide bonds. The third-order valence-electron chi connectivity index (χ3n) is 7.37. The van der Waals surface area contributed by atoms with Gasteiger partial charge in [-0.2, -0.15) is 0 Å². The van der Waals surface area contributed by atoms with Gasteiger partial charge in [0.1, 0.15) is 0 Å². The van der Waals surface area contributed by atoms with Crippen LogP contribution in [0.15, 0.2) is 0 Å². The van der Waals surface area contributed by atoms with Crippen LogP contribution in [0.1, 0.15) is 57.8 Å². The molecular formula is C20H33N3O4S. The highest BCUT2D eigenvalue weighted by Crippen LogP contribution is 2.60. The molecule has 0 aromatic carbocycles. The first kappa shape index (κ1) is 20.1. The summed E-state index contributed by atoms with van der Waals surface area (Å²) in [5.74, 6) is 2.43. The molecule has 4 bridgehead atoms. The van der Waals surface area contributed by atoms with Gasteiger partial charge >= 0.3 is 0 Å². The molecule has 1 aliphatic heterocycles. The van der Waals surface area contributed by atoms with E-state index in [1.807, 2.05) is 0 Å². The van der Waals surface area contributed by atoms with E-state index in [-0.39, 0.29) is 23.3 Å². The van der Waals surface area contributed by atoms with Crippen molar-refractivity contribution in [2.24, 2.45) is 23.2 Å². The number of carbonyl (C=O) groups excluding carboxylic acids is 2. The number of likely N-dealkylation sites (tertiary alicyclic amines) is 1. The maximum absolute atomic E-state index is 12.9. The Labute approximate surface area is 168 Å². The molecule has 5 rings (SSSR count).